The van der Waals surface area contributed by atoms with Gasteiger partial charge in [0.05, 0.1) is 0 Å². The lowest BCUT2D eigenvalue weighted by atomic mass is 9.61. The van der Waals surface area contributed by atoms with Gasteiger partial charge in [-0.2, -0.15) is 0 Å². The standard InChI is InChI=1S/C30H43F/c1-3-5-6-8-25-15-16-29(21-30(25)31)24-13-11-23(12-14-24)27-18-17-26-19-22(7-4-2)9-10-28(26)20-27/h3-5,7,15-16,21-24,26-28H,6,8-14,17-20H2,1-2H3/b5-3+,7-4+. The molecule has 0 spiro atoms. The number of rotatable bonds is 6. The Bertz CT molecular complexity index is 752. The van der Waals surface area contributed by atoms with Crippen molar-refractivity contribution >= 4 is 0 Å². The summed E-state index contributed by atoms with van der Waals surface area (Å²) >= 11 is 0. The minimum Gasteiger partial charge on any atom is -0.207 e. The lowest BCUT2D eigenvalue weighted by molar-refractivity contribution is 0.0718. The minimum atomic E-state index is 0.0102. The van der Waals surface area contributed by atoms with Crippen molar-refractivity contribution in [2.45, 2.75) is 96.8 Å². The smallest absolute Gasteiger partial charge is 0.126 e. The molecule has 3 aliphatic carbocycles. The summed E-state index contributed by atoms with van der Waals surface area (Å²) in [5.74, 6) is 5.33. The van der Waals surface area contributed by atoms with E-state index in [1.807, 2.05) is 25.1 Å². The molecule has 0 heterocycles. The fourth-order valence-corrected chi connectivity index (χ4v) is 7.19. The van der Waals surface area contributed by atoms with Gasteiger partial charge in [0.2, 0.25) is 0 Å². The molecule has 170 valence electrons. The zero-order valence-electron chi connectivity index (χ0n) is 19.9. The molecule has 3 fully saturated rings. The highest BCUT2D eigenvalue weighted by atomic mass is 19.1. The highest BCUT2D eigenvalue weighted by molar-refractivity contribution is 5.28. The summed E-state index contributed by atoms with van der Waals surface area (Å²) in [4.78, 5) is 0. The molecule has 3 aliphatic rings. The molecule has 1 aromatic rings. The summed E-state index contributed by atoms with van der Waals surface area (Å²) in [7, 11) is 0. The molecule has 1 aromatic carbocycles. The summed E-state index contributed by atoms with van der Waals surface area (Å²) in [6, 6.07) is 6.11. The maximum Gasteiger partial charge on any atom is 0.126 e. The summed E-state index contributed by atoms with van der Waals surface area (Å²) in [5, 5.41) is 0. The molecule has 0 N–H and O–H groups in total. The van der Waals surface area contributed by atoms with E-state index >= 15 is 0 Å². The van der Waals surface area contributed by atoms with E-state index in [-0.39, 0.29) is 5.82 Å². The summed E-state index contributed by atoms with van der Waals surface area (Å²) in [6.45, 7) is 4.20. The van der Waals surface area contributed by atoms with Crippen molar-refractivity contribution < 1.29 is 4.39 Å². The third-order valence-corrected chi connectivity index (χ3v) is 8.96. The van der Waals surface area contributed by atoms with Gasteiger partial charge >= 0.3 is 0 Å². The van der Waals surface area contributed by atoms with Gasteiger partial charge in [-0.3, -0.25) is 0 Å². The quantitative estimate of drug-likeness (QED) is 0.401. The van der Waals surface area contributed by atoms with Crippen LogP contribution in [0.1, 0.15) is 102 Å². The number of hydrogen-bond donors (Lipinski definition) is 0. The van der Waals surface area contributed by atoms with E-state index in [4.69, 9.17) is 0 Å². The predicted octanol–water partition coefficient (Wildman–Crippen LogP) is 9.02. The third kappa shape index (κ3) is 5.71. The van der Waals surface area contributed by atoms with Crippen LogP contribution in [0.4, 0.5) is 4.39 Å². The van der Waals surface area contributed by atoms with Crippen LogP contribution in [-0.4, -0.2) is 0 Å². The van der Waals surface area contributed by atoms with Gasteiger partial charge in [-0.25, -0.2) is 4.39 Å². The Labute approximate surface area is 190 Å². The molecule has 1 heteroatoms. The van der Waals surface area contributed by atoms with Crippen LogP contribution in [-0.2, 0) is 6.42 Å². The van der Waals surface area contributed by atoms with E-state index in [9.17, 15) is 4.39 Å². The zero-order chi connectivity index (χ0) is 21.6. The first-order valence-corrected chi connectivity index (χ1v) is 13.2. The molecule has 31 heavy (non-hydrogen) atoms. The first kappa shape index (κ1) is 22.8. The summed E-state index contributed by atoms with van der Waals surface area (Å²) in [6.07, 6.45) is 24.6. The average Bonchev–Trinajstić information content (AvgIpc) is 2.80. The first-order valence-electron chi connectivity index (χ1n) is 13.2. The van der Waals surface area contributed by atoms with Crippen LogP contribution in [0.2, 0.25) is 0 Å². The zero-order valence-corrected chi connectivity index (χ0v) is 19.9. The number of halogens is 1. The van der Waals surface area contributed by atoms with Gasteiger partial charge in [0.1, 0.15) is 5.82 Å². The van der Waals surface area contributed by atoms with Gasteiger partial charge < -0.3 is 0 Å². The van der Waals surface area contributed by atoms with E-state index < -0.39 is 0 Å². The van der Waals surface area contributed by atoms with Crippen LogP contribution in [0.3, 0.4) is 0 Å². The Morgan fingerprint density at radius 1 is 0.806 bits per heavy atom. The van der Waals surface area contributed by atoms with Crippen molar-refractivity contribution in [3.8, 4) is 0 Å². The highest BCUT2D eigenvalue weighted by Crippen LogP contribution is 2.50. The fourth-order valence-electron chi connectivity index (χ4n) is 7.19. The van der Waals surface area contributed by atoms with E-state index in [1.165, 1.54) is 69.8 Å². The Morgan fingerprint density at radius 2 is 1.48 bits per heavy atom. The number of fused-ring (bicyclic) bond motifs is 1. The maximum atomic E-state index is 14.6. The first-order chi connectivity index (χ1) is 15.2. The molecule has 4 unspecified atom stereocenters. The Kier molecular flexibility index (Phi) is 8.07. The lowest BCUT2D eigenvalue weighted by Gasteiger charge is -2.45. The molecule has 0 radical (unpaired) electrons. The molecule has 0 saturated heterocycles. The largest absolute Gasteiger partial charge is 0.207 e. The molecule has 0 aliphatic heterocycles. The third-order valence-electron chi connectivity index (χ3n) is 8.96. The van der Waals surface area contributed by atoms with Crippen molar-refractivity contribution in [1.82, 2.24) is 0 Å². The van der Waals surface area contributed by atoms with Gasteiger partial charge in [0.25, 0.3) is 0 Å². The van der Waals surface area contributed by atoms with E-state index in [0.717, 1.165) is 48.0 Å². The monoisotopic (exact) mass is 422 g/mol. The van der Waals surface area contributed by atoms with Gasteiger partial charge in [-0.05, 0) is 144 Å². The predicted molar refractivity (Wildman–Crippen MR) is 131 cm³/mol. The van der Waals surface area contributed by atoms with Crippen molar-refractivity contribution in [2.24, 2.45) is 29.6 Å². The molecule has 0 amide bonds. The maximum absolute atomic E-state index is 14.6. The number of aryl methyl sites for hydroxylation is 1. The second-order valence-electron chi connectivity index (χ2n) is 10.8. The highest BCUT2D eigenvalue weighted by Gasteiger charge is 2.38. The van der Waals surface area contributed by atoms with Gasteiger partial charge in [0.15, 0.2) is 0 Å². The van der Waals surface area contributed by atoms with E-state index in [2.05, 4.69) is 31.2 Å². The molecule has 0 bridgehead atoms. The van der Waals surface area contributed by atoms with Crippen molar-refractivity contribution in [3.63, 3.8) is 0 Å². The molecular formula is C30H43F. The van der Waals surface area contributed by atoms with Crippen LogP contribution in [0.25, 0.3) is 0 Å². The van der Waals surface area contributed by atoms with Gasteiger partial charge in [0, 0.05) is 0 Å². The number of allylic oxidation sites excluding steroid dienone is 4. The topological polar surface area (TPSA) is 0 Å². The number of hydrogen-bond acceptors (Lipinski definition) is 0. The molecule has 4 atom stereocenters. The normalized spacial score (nSPS) is 34.3. The van der Waals surface area contributed by atoms with Crippen molar-refractivity contribution in [2.75, 3.05) is 0 Å². The van der Waals surface area contributed by atoms with Crippen LogP contribution < -0.4 is 0 Å². The van der Waals surface area contributed by atoms with Crippen LogP contribution >= 0.6 is 0 Å². The number of benzene rings is 1. The average molecular weight is 423 g/mol. The molecule has 4 rings (SSSR count). The Balaban J connectivity index is 1.27. The van der Waals surface area contributed by atoms with Gasteiger partial charge in [-0.15, -0.1) is 0 Å². The lowest BCUT2D eigenvalue weighted by Crippen LogP contribution is -2.34. The minimum absolute atomic E-state index is 0.0102. The van der Waals surface area contributed by atoms with Crippen LogP contribution in [0, 0.1) is 35.4 Å². The Hall–Kier alpha value is -1.37. The van der Waals surface area contributed by atoms with Crippen LogP contribution in [0.5, 0.6) is 0 Å². The fraction of sp³-hybridized carbons (Fsp3) is 0.667. The summed E-state index contributed by atoms with van der Waals surface area (Å²) in [5.41, 5.74) is 2.12. The van der Waals surface area contributed by atoms with E-state index in [0.29, 0.717) is 5.92 Å². The molecule has 0 aromatic heterocycles. The Morgan fingerprint density at radius 3 is 2.19 bits per heavy atom. The second-order valence-corrected chi connectivity index (χ2v) is 10.8. The molecular weight excluding hydrogens is 379 g/mol. The second kappa shape index (κ2) is 11.0. The van der Waals surface area contributed by atoms with E-state index in [1.54, 1.807) is 0 Å². The summed E-state index contributed by atoms with van der Waals surface area (Å²) < 4.78 is 14.6. The molecule has 0 nitrogen and oxygen atoms in total. The SMILES string of the molecule is C/C=C/CCc1ccc(C2CCC(C3CCC4CC(/C=C/C)CCC4C3)CC2)cc1F. The molecule has 3 saturated carbocycles. The van der Waals surface area contributed by atoms with Crippen LogP contribution in [0.15, 0.2) is 42.5 Å². The van der Waals surface area contributed by atoms with Gasteiger partial charge in [-0.1, -0.05) is 36.4 Å². The van der Waals surface area contributed by atoms with Crippen molar-refractivity contribution in [3.05, 3.63) is 59.4 Å². The van der Waals surface area contributed by atoms with Crippen molar-refractivity contribution in [1.29, 1.82) is 0 Å².